The van der Waals surface area contributed by atoms with E-state index in [2.05, 4.69) is 33.9 Å². The molecule has 0 unspecified atom stereocenters. The van der Waals surface area contributed by atoms with Gasteiger partial charge in [0.2, 0.25) is 0 Å². The summed E-state index contributed by atoms with van der Waals surface area (Å²) >= 11 is 0. The molecule has 1 aliphatic heterocycles. The van der Waals surface area contributed by atoms with Crippen molar-refractivity contribution in [2.75, 3.05) is 20.3 Å². The van der Waals surface area contributed by atoms with Crippen LogP contribution in [0.4, 0.5) is 0 Å². The Bertz CT molecular complexity index is 1040. The van der Waals surface area contributed by atoms with Gasteiger partial charge in [0.05, 0.1) is 25.5 Å². The normalized spacial score (nSPS) is 16.5. The van der Waals surface area contributed by atoms with E-state index in [1.807, 2.05) is 43.7 Å². The van der Waals surface area contributed by atoms with E-state index < -0.39 is 0 Å². The smallest absolute Gasteiger partial charge is 0.161 e. The van der Waals surface area contributed by atoms with Crippen LogP contribution in [0.25, 0.3) is 11.1 Å². The minimum absolute atomic E-state index is 0.248. The summed E-state index contributed by atoms with van der Waals surface area (Å²) in [7, 11) is 1.68. The lowest BCUT2D eigenvalue weighted by molar-refractivity contribution is 0.137. The number of methoxy groups -OCH3 is 1. The summed E-state index contributed by atoms with van der Waals surface area (Å²) < 4.78 is 11.3. The molecule has 2 aromatic heterocycles. The molecule has 1 saturated heterocycles. The highest BCUT2D eigenvalue weighted by molar-refractivity contribution is 5.65. The van der Waals surface area contributed by atoms with Crippen LogP contribution < -0.4 is 9.47 Å². The van der Waals surface area contributed by atoms with E-state index in [0.29, 0.717) is 6.61 Å². The number of hydrogen-bond donors (Lipinski definition) is 0. The number of rotatable bonds is 9. The fourth-order valence-corrected chi connectivity index (χ4v) is 4.60. The summed E-state index contributed by atoms with van der Waals surface area (Å²) in [6.45, 7) is 6.67. The average Bonchev–Trinajstić information content (AvgIpc) is 2.86. The number of aromatic nitrogens is 3. The fourth-order valence-electron chi connectivity index (χ4n) is 4.60. The number of nitrogens with zero attached hydrogens (tertiary/aromatic N) is 4. The first-order chi connectivity index (χ1) is 16.2. The number of aryl methyl sites for hydroxylation is 1. The van der Waals surface area contributed by atoms with Crippen LogP contribution in [0.15, 0.2) is 48.9 Å². The summed E-state index contributed by atoms with van der Waals surface area (Å²) in [4.78, 5) is 16.5. The molecule has 0 saturated carbocycles. The molecule has 0 N–H and O–H groups in total. The number of likely N-dealkylation sites (tertiary alicyclic amines) is 1. The van der Waals surface area contributed by atoms with E-state index in [1.54, 1.807) is 7.11 Å². The maximum absolute atomic E-state index is 5.82. The van der Waals surface area contributed by atoms with Gasteiger partial charge >= 0.3 is 0 Å². The second-order valence-electron chi connectivity index (χ2n) is 8.47. The summed E-state index contributed by atoms with van der Waals surface area (Å²) in [5, 5.41) is 0. The fraction of sp³-hybridized carbons (Fsp3) is 0.444. The van der Waals surface area contributed by atoms with Crippen LogP contribution in [-0.4, -0.2) is 40.1 Å². The van der Waals surface area contributed by atoms with Gasteiger partial charge in [-0.05, 0) is 68.1 Å². The number of hydrogen-bond acceptors (Lipinski definition) is 6. The first kappa shape index (κ1) is 23.2. The van der Waals surface area contributed by atoms with E-state index in [-0.39, 0.29) is 6.04 Å². The Morgan fingerprint density at radius 3 is 2.67 bits per heavy atom. The number of piperidine rings is 1. The molecule has 0 aliphatic carbocycles. The topological polar surface area (TPSA) is 60.4 Å². The third-order valence-corrected chi connectivity index (χ3v) is 6.18. The van der Waals surface area contributed by atoms with Gasteiger partial charge in [-0.15, -0.1) is 0 Å². The van der Waals surface area contributed by atoms with Crippen molar-refractivity contribution < 1.29 is 9.47 Å². The monoisotopic (exact) mass is 446 g/mol. The Kier molecular flexibility index (Phi) is 7.89. The third-order valence-electron chi connectivity index (χ3n) is 6.18. The Labute approximate surface area is 197 Å². The predicted octanol–water partition coefficient (Wildman–Crippen LogP) is 5.63. The van der Waals surface area contributed by atoms with Gasteiger partial charge in [-0.25, -0.2) is 9.97 Å². The summed E-state index contributed by atoms with van der Waals surface area (Å²) in [6.07, 6.45) is 11.1. The van der Waals surface area contributed by atoms with Crippen LogP contribution in [-0.2, 0) is 13.0 Å². The number of pyridine rings is 1. The van der Waals surface area contributed by atoms with Crippen LogP contribution in [0.2, 0.25) is 0 Å². The van der Waals surface area contributed by atoms with E-state index in [1.165, 1.54) is 18.4 Å². The lowest BCUT2D eigenvalue weighted by Gasteiger charge is -2.36. The Morgan fingerprint density at radius 1 is 1.06 bits per heavy atom. The molecule has 0 amide bonds. The number of ether oxygens (including phenoxy) is 2. The molecular formula is C27H34N4O2. The van der Waals surface area contributed by atoms with Gasteiger partial charge in [0.1, 0.15) is 5.82 Å². The van der Waals surface area contributed by atoms with Gasteiger partial charge in [0.15, 0.2) is 11.5 Å². The standard InChI is InChI=1S/C27H34N4O2/c1-4-8-26-29-18-22(21-12-14-28-15-13-21)27(30-26)23-9-6-7-16-31(23)19-20-10-11-24(32-3)25(17-20)33-5-2/h10-15,17-18,23H,4-9,16,19H2,1-3H3/t23-/m1/s1. The molecule has 1 atom stereocenters. The van der Waals surface area contributed by atoms with Crippen LogP contribution in [0.1, 0.15) is 62.7 Å². The highest BCUT2D eigenvalue weighted by Gasteiger charge is 2.28. The molecule has 1 fully saturated rings. The quantitative estimate of drug-likeness (QED) is 0.425. The largest absolute Gasteiger partial charge is 0.493 e. The number of benzene rings is 1. The molecule has 3 heterocycles. The molecule has 0 radical (unpaired) electrons. The van der Waals surface area contributed by atoms with Gasteiger partial charge in [0.25, 0.3) is 0 Å². The van der Waals surface area contributed by atoms with Crippen LogP contribution in [0.3, 0.4) is 0 Å². The molecule has 0 bridgehead atoms. The Balaban J connectivity index is 1.68. The molecule has 1 aliphatic rings. The lowest BCUT2D eigenvalue weighted by atomic mass is 9.93. The van der Waals surface area contributed by atoms with Crippen LogP contribution in [0.5, 0.6) is 11.5 Å². The van der Waals surface area contributed by atoms with Gasteiger partial charge in [0, 0.05) is 37.1 Å². The highest BCUT2D eigenvalue weighted by Crippen LogP contribution is 2.37. The van der Waals surface area contributed by atoms with Crippen LogP contribution in [0, 0.1) is 0 Å². The van der Waals surface area contributed by atoms with E-state index >= 15 is 0 Å². The summed E-state index contributed by atoms with van der Waals surface area (Å²) in [5.41, 5.74) is 4.59. The van der Waals surface area contributed by atoms with Gasteiger partial charge < -0.3 is 9.47 Å². The van der Waals surface area contributed by atoms with Gasteiger partial charge in [-0.1, -0.05) is 19.4 Å². The maximum atomic E-state index is 5.82. The molecule has 6 heteroatoms. The molecule has 33 heavy (non-hydrogen) atoms. The second-order valence-corrected chi connectivity index (χ2v) is 8.47. The zero-order valence-corrected chi connectivity index (χ0v) is 20.0. The molecular weight excluding hydrogens is 412 g/mol. The Morgan fingerprint density at radius 2 is 1.91 bits per heavy atom. The van der Waals surface area contributed by atoms with Gasteiger partial charge in [-0.3, -0.25) is 9.88 Å². The van der Waals surface area contributed by atoms with Crippen molar-refractivity contribution in [2.24, 2.45) is 0 Å². The summed E-state index contributed by atoms with van der Waals surface area (Å²) in [5.74, 6) is 2.51. The molecule has 3 aromatic rings. The molecule has 6 nitrogen and oxygen atoms in total. The molecule has 174 valence electrons. The zero-order valence-electron chi connectivity index (χ0n) is 20.0. The minimum Gasteiger partial charge on any atom is -0.493 e. The SMILES string of the molecule is CCCc1ncc(-c2ccncc2)c([C@H]2CCCCN2Cc2ccc(OC)c(OCC)c2)n1. The lowest BCUT2D eigenvalue weighted by Crippen LogP contribution is -2.34. The molecule has 1 aromatic carbocycles. The van der Waals surface area contributed by atoms with Crippen molar-refractivity contribution in [3.05, 3.63) is 66.0 Å². The predicted molar refractivity (Wildman–Crippen MR) is 130 cm³/mol. The van der Waals surface area contributed by atoms with E-state index in [9.17, 15) is 0 Å². The van der Waals surface area contributed by atoms with Crippen molar-refractivity contribution in [3.63, 3.8) is 0 Å². The average molecular weight is 447 g/mol. The van der Waals surface area contributed by atoms with E-state index in [4.69, 9.17) is 14.5 Å². The van der Waals surface area contributed by atoms with Crippen molar-refractivity contribution in [3.8, 4) is 22.6 Å². The van der Waals surface area contributed by atoms with E-state index in [0.717, 1.165) is 66.5 Å². The van der Waals surface area contributed by atoms with Crippen molar-refractivity contribution >= 4 is 0 Å². The van der Waals surface area contributed by atoms with Crippen molar-refractivity contribution in [1.29, 1.82) is 0 Å². The highest BCUT2D eigenvalue weighted by atomic mass is 16.5. The molecule has 0 spiro atoms. The van der Waals surface area contributed by atoms with Gasteiger partial charge in [-0.2, -0.15) is 0 Å². The first-order valence-electron chi connectivity index (χ1n) is 12.0. The maximum Gasteiger partial charge on any atom is 0.161 e. The Hall–Kier alpha value is -2.99. The second kappa shape index (κ2) is 11.2. The molecule has 4 rings (SSSR count). The van der Waals surface area contributed by atoms with Crippen molar-refractivity contribution in [1.82, 2.24) is 19.9 Å². The van der Waals surface area contributed by atoms with Crippen molar-refractivity contribution in [2.45, 2.75) is 58.5 Å². The zero-order chi connectivity index (χ0) is 23.0. The third kappa shape index (κ3) is 5.50. The summed E-state index contributed by atoms with van der Waals surface area (Å²) in [6, 6.07) is 10.6. The minimum atomic E-state index is 0.248. The van der Waals surface area contributed by atoms with Crippen LogP contribution >= 0.6 is 0 Å². The first-order valence-corrected chi connectivity index (χ1v) is 12.0.